The number of nitrogens with one attached hydrogen (secondary N) is 1. The summed E-state index contributed by atoms with van der Waals surface area (Å²) in [7, 11) is 0. The molecule has 1 saturated heterocycles. The van der Waals surface area contributed by atoms with Crippen LogP contribution in [0.25, 0.3) is 0 Å². The Labute approximate surface area is 144 Å². The Morgan fingerprint density at radius 1 is 1.38 bits per heavy atom. The number of hydrogen-bond donors (Lipinski definition) is 2. The highest BCUT2D eigenvalue weighted by Gasteiger charge is 2.22. The fraction of sp³-hybridized carbons (Fsp3) is 0.389. The van der Waals surface area contributed by atoms with Gasteiger partial charge in [-0.25, -0.2) is 4.39 Å². The van der Waals surface area contributed by atoms with Crippen molar-refractivity contribution in [3.05, 3.63) is 58.0 Å². The van der Waals surface area contributed by atoms with Crippen molar-refractivity contribution in [3.8, 4) is 0 Å². The first-order valence-electron chi connectivity index (χ1n) is 8.10. The maximum atomic E-state index is 13.2. The molecule has 128 valence electrons. The summed E-state index contributed by atoms with van der Waals surface area (Å²) in [6.07, 6.45) is 1.35. The summed E-state index contributed by atoms with van der Waals surface area (Å²) in [4.78, 5) is 15.4. The molecular weight excluding hydrogens is 327 g/mol. The maximum Gasteiger partial charge on any atom is 0.234 e. The number of nitrogens with zero attached hydrogens (tertiary/aromatic N) is 1. The Morgan fingerprint density at radius 2 is 2.17 bits per heavy atom. The minimum Gasteiger partial charge on any atom is -0.392 e. The standard InChI is InChI=1S/C18H21FN2O2S/c19-14-7-5-13(6-8-14)18(16-4-2-10-24-16)20-17(23)12-21-9-1-3-15(22)11-21/h2,4-8,10,15,18,22H,1,3,9,11-12H2,(H,20,23). The molecule has 2 unspecified atom stereocenters. The quantitative estimate of drug-likeness (QED) is 0.873. The molecule has 0 bridgehead atoms. The third-order valence-electron chi connectivity index (χ3n) is 4.18. The van der Waals surface area contributed by atoms with Gasteiger partial charge in [-0.2, -0.15) is 0 Å². The second-order valence-electron chi connectivity index (χ2n) is 6.10. The number of aliphatic hydroxyl groups excluding tert-OH is 1. The van der Waals surface area contributed by atoms with Crippen LogP contribution in [-0.2, 0) is 4.79 Å². The van der Waals surface area contributed by atoms with Gasteiger partial charge in [0.1, 0.15) is 5.82 Å². The lowest BCUT2D eigenvalue weighted by Crippen LogP contribution is -2.44. The predicted octanol–water partition coefficient (Wildman–Crippen LogP) is 2.55. The Bertz CT molecular complexity index is 660. The van der Waals surface area contributed by atoms with Crippen molar-refractivity contribution in [2.45, 2.75) is 25.0 Å². The molecule has 2 heterocycles. The molecule has 0 aliphatic carbocycles. The number of likely N-dealkylation sites (tertiary alicyclic amines) is 1. The van der Waals surface area contributed by atoms with E-state index < -0.39 is 0 Å². The molecule has 0 radical (unpaired) electrons. The molecule has 3 rings (SSSR count). The zero-order valence-electron chi connectivity index (χ0n) is 13.3. The van der Waals surface area contributed by atoms with E-state index in [4.69, 9.17) is 0 Å². The van der Waals surface area contributed by atoms with E-state index in [0.717, 1.165) is 29.8 Å². The predicted molar refractivity (Wildman–Crippen MR) is 92.4 cm³/mol. The lowest BCUT2D eigenvalue weighted by Gasteiger charge is -2.30. The van der Waals surface area contributed by atoms with E-state index in [2.05, 4.69) is 5.32 Å². The van der Waals surface area contributed by atoms with E-state index in [0.29, 0.717) is 6.54 Å². The van der Waals surface area contributed by atoms with Crippen LogP contribution in [0.1, 0.15) is 29.3 Å². The molecule has 2 atom stereocenters. The largest absolute Gasteiger partial charge is 0.392 e. The number of carbonyl (C=O) groups excluding carboxylic acids is 1. The van der Waals surface area contributed by atoms with E-state index in [9.17, 15) is 14.3 Å². The van der Waals surface area contributed by atoms with Gasteiger partial charge >= 0.3 is 0 Å². The molecule has 1 aromatic carbocycles. The van der Waals surface area contributed by atoms with Gasteiger partial charge in [0.05, 0.1) is 18.7 Å². The van der Waals surface area contributed by atoms with Crippen LogP contribution < -0.4 is 5.32 Å². The molecule has 1 fully saturated rings. The van der Waals surface area contributed by atoms with E-state index in [-0.39, 0.29) is 30.4 Å². The van der Waals surface area contributed by atoms with Crippen LogP contribution in [0.3, 0.4) is 0 Å². The van der Waals surface area contributed by atoms with Gasteiger partial charge in [0, 0.05) is 11.4 Å². The maximum absolute atomic E-state index is 13.2. The molecule has 2 aromatic rings. The SMILES string of the molecule is O=C(CN1CCCC(O)C1)NC(c1ccc(F)cc1)c1cccs1. The number of benzene rings is 1. The van der Waals surface area contributed by atoms with Crippen LogP contribution in [0.4, 0.5) is 4.39 Å². The number of hydrogen-bond acceptors (Lipinski definition) is 4. The summed E-state index contributed by atoms with van der Waals surface area (Å²) in [6, 6.07) is 9.82. The first-order valence-corrected chi connectivity index (χ1v) is 8.98. The van der Waals surface area contributed by atoms with Crippen LogP contribution in [0.2, 0.25) is 0 Å². The topological polar surface area (TPSA) is 52.6 Å². The van der Waals surface area contributed by atoms with Gasteiger partial charge in [-0.3, -0.25) is 9.69 Å². The highest BCUT2D eigenvalue weighted by Crippen LogP contribution is 2.26. The summed E-state index contributed by atoms with van der Waals surface area (Å²) in [5, 5.41) is 14.7. The van der Waals surface area contributed by atoms with Crippen molar-refractivity contribution in [2.75, 3.05) is 19.6 Å². The molecule has 4 nitrogen and oxygen atoms in total. The van der Waals surface area contributed by atoms with Gasteiger partial charge in [-0.1, -0.05) is 18.2 Å². The minimum absolute atomic E-state index is 0.0909. The van der Waals surface area contributed by atoms with Crippen LogP contribution >= 0.6 is 11.3 Å². The van der Waals surface area contributed by atoms with Gasteiger partial charge in [-0.05, 0) is 48.5 Å². The molecule has 1 aliphatic heterocycles. The Morgan fingerprint density at radius 3 is 2.83 bits per heavy atom. The summed E-state index contributed by atoms with van der Waals surface area (Å²) in [6.45, 7) is 1.62. The summed E-state index contributed by atoms with van der Waals surface area (Å²) >= 11 is 1.56. The van der Waals surface area contributed by atoms with Crippen molar-refractivity contribution in [2.24, 2.45) is 0 Å². The zero-order chi connectivity index (χ0) is 16.9. The summed E-state index contributed by atoms with van der Waals surface area (Å²) < 4.78 is 13.2. The molecule has 1 aliphatic rings. The van der Waals surface area contributed by atoms with Crippen molar-refractivity contribution in [1.29, 1.82) is 0 Å². The lowest BCUT2D eigenvalue weighted by atomic mass is 10.0. The van der Waals surface area contributed by atoms with E-state index in [1.165, 1.54) is 12.1 Å². The Hall–Kier alpha value is -1.76. The van der Waals surface area contributed by atoms with Crippen LogP contribution in [-0.4, -0.2) is 41.7 Å². The minimum atomic E-state index is -0.350. The van der Waals surface area contributed by atoms with E-state index in [1.54, 1.807) is 23.5 Å². The number of carbonyl (C=O) groups is 1. The first kappa shape index (κ1) is 17.1. The average molecular weight is 348 g/mol. The number of β-amino-alcohol motifs (C(OH)–C–C–N with tert-alkyl or cyclic N) is 1. The molecule has 0 spiro atoms. The van der Waals surface area contributed by atoms with Gasteiger partial charge in [0.25, 0.3) is 0 Å². The molecule has 0 saturated carbocycles. The molecule has 6 heteroatoms. The van der Waals surface area contributed by atoms with Crippen molar-refractivity contribution in [3.63, 3.8) is 0 Å². The summed E-state index contributed by atoms with van der Waals surface area (Å²) in [5.41, 5.74) is 0.853. The highest BCUT2D eigenvalue weighted by atomic mass is 32.1. The monoisotopic (exact) mass is 348 g/mol. The first-order chi connectivity index (χ1) is 11.6. The third kappa shape index (κ3) is 4.41. The number of amides is 1. The van der Waals surface area contributed by atoms with E-state index in [1.807, 2.05) is 22.4 Å². The highest BCUT2D eigenvalue weighted by molar-refractivity contribution is 7.10. The normalized spacial score (nSPS) is 19.8. The van der Waals surface area contributed by atoms with Crippen LogP contribution in [0, 0.1) is 5.82 Å². The fourth-order valence-corrected chi connectivity index (χ4v) is 3.82. The van der Waals surface area contributed by atoms with Gasteiger partial charge in [0.15, 0.2) is 0 Å². The zero-order valence-corrected chi connectivity index (χ0v) is 14.1. The second kappa shape index (κ2) is 7.88. The van der Waals surface area contributed by atoms with Crippen molar-refractivity contribution >= 4 is 17.2 Å². The van der Waals surface area contributed by atoms with Crippen LogP contribution in [0.5, 0.6) is 0 Å². The number of aliphatic hydroxyl groups is 1. The van der Waals surface area contributed by atoms with Crippen molar-refractivity contribution < 1.29 is 14.3 Å². The van der Waals surface area contributed by atoms with Gasteiger partial charge in [-0.15, -0.1) is 11.3 Å². The van der Waals surface area contributed by atoms with Crippen LogP contribution in [0.15, 0.2) is 41.8 Å². The molecule has 2 N–H and O–H groups in total. The third-order valence-corrected chi connectivity index (χ3v) is 5.12. The smallest absolute Gasteiger partial charge is 0.234 e. The number of thiophene rings is 1. The fourth-order valence-electron chi connectivity index (χ4n) is 3.01. The number of piperidine rings is 1. The Balaban J connectivity index is 1.70. The average Bonchev–Trinajstić information content (AvgIpc) is 3.08. The molecule has 1 amide bonds. The van der Waals surface area contributed by atoms with Gasteiger partial charge < -0.3 is 10.4 Å². The lowest BCUT2D eigenvalue weighted by molar-refractivity contribution is -0.123. The molecular formula is C18H21FN2O2S. The number of halogens is 1. The number of rotatable bonds is 5. The Kier molecular flexibility index (Phi) is 5.60. The van der Waals surface area contributed by atoms with E-state index >= 15 is 0 Å². The van der Waals surface area contributed by atoms with Gasteiger partial charge in [0.2, 0.25) is 5.91 Å². The summed E-state index contributed by atoms with van der Waals surface area (Å²) in [5.74, 6) is -0.385. The molecule has 1 aromatic heterocycles. The molecule has 24 heavy (non-hydrogen) atoms. The second-order valence-corrected chi connectivity index (χ2v) is 7.08. The van der Waals surface area contributed by atoms with Crippen molar-refractivity contribution in [1.82, 2.24) is 10.2 Å².